The van der Waals surface area contributed by atoms with Gasteiger partial charge in [-0.25, -0.2) is 4.98 Å². The van der Waals surface area contributed by atoms with Crippen LogP contribution in [0.3, 0.4) is 0 Å². The molecule has 0 fully saturated rings. The second-order valence-electron chi connectivity index (χ2n) is 10.8. The molecule has 1 aromatic heterocycles. The zero-order chi connectivity index (χ0) is 21.4. The van der Waals surface area contributed by atoms with E-state index < -0.39 is 16.5 Å². The summed E-state index contributed by atoms with van der Waals surface area (Å²) in [5, 5.41) is 0.417. The number of nitrogens with one attached hydrogen (secondary N) is 2. The van der Waals surface area contributed by atoms with Crippen molar-refractivity contribution in [3.63, 3.8) is 0 Å². The molecule has 0 aliphatic heterocycles. The van der Waals surface area contributed by atoms with Gasteiger partial charge in [-0.1, -0.05) is 98.1 Å². The van der Waals surface area contributed by atoms with Crippen LogP contribution in [0.1, 0.15) is 41.5 Å². The van der Waals surface area contributed by atoms with Gasteiger partial charge in [0.15, 0.2) is 16.5 Å². The van der Waals surface area contributed by atoms with Crippen LogP contribution in [0.2, 0.25) is 36.3 Å². The molecule has 2 rings (SSSR count). The molecular formula is C22H38N4Si2. The Morgan fingerprint density at radius 2 is 1.25 bits per heavy atom. The van der Waals surface area contributed by atoms with Crippen LogP contribution in [0.5, 0.6) is 0 Å². The van der Waals surface area contributed by atoms with Gasteiger partial charge >= 0.3 is 0 Å². The number of rotatable bonds is 5. The van der Waals surface area contributed by atoms with Crippen LogP contribution in [0.15, 0.2) is 36.5 Å². The Balaban J connectivity index is 2.51. The molecule has 0 saturated carbocycles. The van der Waals surface area contributed by atoms with Gasteiger partial charge in [0, 0.05) is 11.8 Å². The molecule has 0 aliphatic rings. The van der Waals surface area contributed by atoms with Crippen molar-refractivity contribution in [1.82, 2.24) is 9.97 Å². The van der Waals surface area contributed by atoms with E-state index in [1.165, 1.54) is 0 Å². The fourth-order valence-electron chi connectivity index (χ4n) is 2.32. The number of anilines is 2. The van der Waals surface area contributed by atoms with E-state index in [-0.39, 0.29) is 10.1 Å². The lowest BCUT2D eigenvalue weighted by Gasteiger charge is -2.39. The monoisotopic (exact) mass is 414 g/mol. The van der Waals surface area contributed by atoms with E-state index in [1.54, 1.807) is 0 Å². The quantitative estimate of drug-likeness (QED) is 0.518. The molecule has 1 aromatic carbocycles. The van der Waals surface area contributed by atoms with E-state index in [2.05, 4.69) is 102 Å². The first-order valence-corrected chi connectivity index (χ1v) is 16.1. The zero-order valence-corrected chi connectivity index (χ0v) is 21.4. The van der Waals surface area contributed by atoms with E-state index in [4.69, 9.17) is 9.97 Å². The maximum Gasteiger partial charge on any atom is 0.216 e. The first-order valence-electron chi connectivity index (χ1n) is 10.1. The minimum absolute atomic E-state index is 0.207. The molecule has 0 atom stereocenters. The highest BCUT2D eigenvalue weighted by Crippen LogP contribution is 2.39. The third kappa shape index (κ3) is 5.03. The van der Waals surface area contributed by atoms with Crippen molar-refractivity contribution in [1.29, 1.82) is 0 Å². The number of benzene rings is 1. The maximum atomic E-state index is 4.98. The highest BCUT2D eigenvalue weighted by atomic mass is 28.3. The third-order valence-electron chi connectivity index (χ3n) is 6.48. The van der Waals surface area contributed by atoms with Crippen molar-refractivity contribution < 1.29 is 0 Å². The van der Waals surface area contributed by atoms with E-state index in [1.807, 2.05) is 12.3 Å². The van der Waals surface area contributed by atoms with Crippen LogP contribution in [0, 0.1) is 0 Å². The van der Waals surface area contributed by atoms with Crippen molar-refractivity contribution in [2.24, 2.45) is 0 Å². The van der Waals surface area contributed by atoms with E-state index in [0.29, 0.717) is 0 Å². The van der Waals surface area contributed by atoms with Crippen molar-refractivity contribution >= 4 is 28.2 Å². The van der Waals surface area contributed by atoms with Crippen molar-refractivity contribution in [3.05, 3.63) is 36.5 Å². The molecule has 0 unspecified atom stereocenters. The van der Waals surface area contributed by atoms with Crippen LogP contribution >= 0.6 is 0 Å². The molecule has 4 nitrogen and oxygen atoms in total. The Labute approximate surface area is 173 Å². The molecule has 0 amide bonds. The third-order valence-corrected chi connectivity index (χ3v) is 15.7. The second-order valence-corrected chi connectivity index (χ2v) is 20.8. The SMILES string of the molecule is CC(C)(C)[Si](C)(C)Nc1ncc(-c2ccccc2)c(N[Si](C)(C)C(C)(C)C)n1. The van der Waals surface area contributed by atoms with E-state index >= 15 is 0 Å². The summed E-state index contributed by atoms with van der Waals surface area (Å²) in [6.07, 6.45) is 1.97. The number of nitrogens with zero attached hydrogens (tertiary/aromatic N) is 2. The maximum absolute atomic E-state index is 4.98. The minimum Gasteiger partial charge on any atom is -0.395 e. The lowest BCUT2D eigenvalue weighted by atomic mass is 10.1. The summed E-state index contributed by atoms with van der Waals surface area (Å²) in [6.45, 7) is 23.2. The van der Waals surface area contributed by atoms with E-state index in [0.717, 1.165) is 22.9 Å². The molecule has 2 N–H and O–H groups in total. The molecule has 0 aliphatic carbocycles. The number of hydrogen-bond donors (Lipinski definition) is 2. The van der Waals surface area contributed by atoms with Gasteiger partial charge in [0.25, 0.3) is 0 Å². The van der Waals surface area contributed by atoms with Crippen molar-refractivity contribution in [2.75, 3.05) is 9.96 Å². The summed E-state index contributed by atoms with van der Waals surface area (Å²) >= 11 is 0. The zero-order valence-electron chi connectivity index (χ0n) is 19.4. The Morgan fingerprint density at radius 1 is 0.750 bits per heavy atom. The van der Waals surface area contributed by atoms with Gasteiger partial charge in [-0.2, -0.15) is 4.98 Å². The average molecular weight is 415 g/mol. The van der Waals surface area contributed by atoms with Crippen molar-refractivity contribution in [2.45, 2.75) is 77.8 Å². The normalized spacial score (nSPS) is 13.4. The Bertz CT molecular complexity index is 804. The fourth-order valence-corrected chi connectivity index (χ4v) is 4.53. The van der Waals surface area contributed by atoms with Crippen LogP contribution in [0.25, 0.3) is 11.1 Å². The van der Waals surface area contributed by atoms with Crippen LogP contribution in [-0.4, -0.2) is 26.4 Å². The summed E-state index contributed by atoms with van der Waals surface area (Å²) in [5.41, 5.74) is 2.20. The molecule has 28 heavy (non-hydrogen) atoms. The van der Waals surface area contributed by atoms with Gasteiger partial charge in [-0.3, -0.25) is 0 Å². The highest BCUT2D eigenvalue weighted by Gasteiger charge is 2.38. The number of aromatic nitrogens is 2. The number of hydrogen-bond acceptors (Lipinski definition) is 4. The molecule has 2 aromatic rings. The second kappa shape index (κ2) is 7.63. The first-order chi connectivity index (χ1) is 12.6. The summed E-state index contributed by atoms with van der Waals surface area (Å²) < 4.78 is 0. The lowest BCUT2D eigenvalue weighted by molar-refractivity contribution is 0.722. The topological polar surface area (TPSA) is 49.8 Å². The van der Waals surface area contributed by atoms with Gasteiger partial charge in [0.1, 0.15) is 5.82 Å². The average Bonchev–Trinajstić information content (AvgIpc) is 2.53. The standard InChI is InChI=1S/C22H38N4Si2/c1-21(2,3)27(7,8)25-19-18(17-14-12-11-13-15-17)16-23-20(24-19)26-28(9,10)22(4,5)6/h11-16H,1-10H3,(H2,23,24,25,26). The molecule has 1 heterocycles. The Kier molecular flexibility index (Phi) is 6.17. The highest BCUT2D eigenvalue weighted by molar-refractivity contribution is 6.83. The molecule has 0 bridgehead atoms. The van der Waals surface area contributed by atoms with E-state index in [9.17, 15) is 0 Å². The van der Waals surface area contributed by atoms with Crippen LogP contribution < -0.4 is 9.96 Å². The minimum atomic E-state index is -1.78. The van der Waals surface area contributed by atoms with Gasteiger partial charge in [0.05, 0.1) is 0 Å². The summed E-state index contributed by atoms with van der Waals surface area (Å²) in [4.78, 5) is 17.2. The molecule has 154 valence electrons. The van der Waals surface area contributed by atoms with Crippen LogP contribution in [-0.2, 0) is 0 Å². The smallest absolute Gasteiger partial charge is 0.216 e. The van der Waals surface area contributed by atoms with Crippen LogP contribution in [0.4, 0.5) is 11.8 Å². The summed E-state index contributed by atoms with van der Waals surface area (Å²) in [7, 11) is -3.54. The van der Waals surface area contributed by atoms with Gasteiger partial charge in [-0.15, -0.1) is 0 Å². The predicted octanol–water partition coefficient (Wildman–Crippen LogP) is 6.98. The Hall–Kier alpha value is -1.67. The van der Waals surface area contributed by atoms with Gasteiger partial charge < -0.3 is 9.96 Å². The Morgan fingerprint density at radius 3 is 1.75 bits per heavy atom. The summed E-state index contributed by atoms with van der Waals surface area (Å²) in [5.74, 6) is 1.67. The van der Waals surface area contributed by atoms with Gasteiger partial charge in [0.2, 0.25) is 5.95 Å². The fraction of sp³-hybridized carbons (Fsp3) is 0.545. The van der Waals surface area contributed by atoms with Crippen molar-refractivity contribution in [3.8, 4) is 11.1 Å². The molecule has 0 spiro atoms. The van der Waals surface area contributed by atoms with Gasteiger partial charge in [-0.05, 0) is 15.6 Å². The lowest BCUT2D eigenvalue weighted by Crippen LogP contribution is -2.47. The first kappa shape index (κ1) is 22.6. The molecule has 6 heteroatoms. The molecule has 0 saturated heterocycles. The summed E-state index contributed by atoms with van der Waals surface area (Å²) in [6, 6.07) is 10.4. The predicted molar refractivity (Wildman–Crippen MR) is 129 cm³/mol. The largest absolute Gasteiger partial charge is 0.395 e. The molecule has 0 radical (unpaired) electrons. The molecular weight excluding hydrogens is 376 g/mol.